The lowest BCUT2D eigenvalue weighted by Crippen LogP contribution is -2.38. The average Bonchev–Trinajstić information content (AvgIpc) is 3.21. The lowest BCUT2D eigenvalue weighted by atomic mass is 9.74. The van der Waals surface area contributed by atoms with Crippen molar-refractivity contribution >= 4 is 0 Å². The number of nitrogens with one attached hydrogen (secondary N) is 1. The number of benzene rings is 1. The molecule has 0 spiro atoms. The lowest BCUT2D eigenvalue weighted by Gasteiger charge is -2.34. The van der Waals surface area contributed by atoms with Gasteiger partial charge < -0.3 is 5.32 Å². The largest absolute Gasteiger partial charge is 0.313 e. The van der Waals surface area contributed by atoms with Gasteiger partial charge in [-0.1, -0.05) is 52.0 Å². The second kappa shape index (κ2) is 6.09. The quantitative estimate of drug-likeness (QED) is 0.773. The molecule has 1 aromatic carbocycles. The number of aryl methyl sites for hydroxylation is 1. The second-order valence-corrected chi connectivity index (χ2v) is 6.81. The van der Waals surface area contributed by atoms with Crippen molar-refractivity contribution in [2.45, 2.75) is 59.4 Å². The Morgan fingerprint density at radius 3 is 2.21 bits per heavy atom. The summed E-state index contributed by atoms with van der Waals surface area (Å²) in [6.07, 6.45) is 5.05. The van der Waals surface area contributed by atoms with Crippen LogP contribution < -0.4 is 5.32 Å². The summed E-state index contributed by atoms with van der Waals surface area (Å²) >= 11 is 0. The molecule has 0 saturated heterocycles. The van der Waals surface area contributed by atoms with Crippen molar-refractivity contribution in [3.8, 4) is 0 Å². The molecule has 2 rings (SSSR count). The Hall–Kier alpha value is -0.820. The molecule has 1 unspecified atom stereocenters. The molecule has 1 aliphatic rings. The van der Waals surface area contributed by atoms with Crippen LogP contribution in [0.4, 0.5) is 0 Å². The van der Waals surface area contributed by atoms with Crippen molar-refractivity contribution in [1.29, 1.82) is 0 Å². The zero-order valence-corrected chi connectivity index (χ0v) is 13.0. The summed E-state index contributed by atoms with van der Waals surface area (Å²) in [7, 11) is 0. The molecule has 0 aliphatic heterocycles. The predicted molar refractivity (Wildman–Crippen MR) is 83.5 cm³/mol. The molecular weight excluding hydrogens is 230 g/mol. The number of hydrogen-bond donors (Lipinski definition) is 1. The first-order valence-electron chi connectivity index (χ1n) is 7.84. The van der Waals surface area contributed by atoms with Gasteiger partial charge in [0.15, 0.2) is 0 Å². The van der Waals surface area contributed by atoms with Crippen LogP contribution in [0.2, 0.25) is 0 Å². The Morgan fingerprint density at radius 2 is 1.74 bits per heavy atom. The normalized spacial score (nSPS) is 18.6. The van der Waals surface area contributed by atoms with Crippen LogP contribution in [0.1, 0.15) is 51.7 Å². The van der Waals surface area contributed by atoms with Crippen LogP contribution in [0.15, 0.2) is 24.3 Å². The molecule has 0 amide bonds. The van der Waals surface area contributed by atoms with Crippen molar-refractivity contribution in [2.75, 3.05) is 6.54 Å². The van der Waals surface area contributed by atoms with E-state index in [9.17, 15) is 0 Å². The smallest absolute Gasteiger partial charge is 0.00684 e. The third-order valence-electron chi connectivity index (χ3n) is 4.80. The minimum absolute atomic E-state index is 0.357. The van der Waals surface area contributed by atoms with Crippen molar-refractivity contribution in [2.24, 2.45) is 11.3 Å². The first-order valence-corrected chi connectivity index (χ1v) is 7.84. The van der Waals surface area contributed by atoms with Gasteiger partial charge in [0, 0.05) is 12.6 Å². The Balaban J connectivity index is 2.00. The minimum Gasteiger partial charge on any atom is -0.313 e. The van der Waals surface area contributed by atoms with Gasteiger partial charge in [-0.3, -0.25) is 0 Å². The summed E-state index contributed by atoms with van der Waals surface area (Å²) in [6, 6.07) is 10.0. The third kappa shape index (κ3) is 4.07. The number of rotatable bonds is 7. The zero-order valence-electron chi connectivity index (χ0n) is 13.0. The molecule has 1 N–H and O–H groups in total. The van der Waals surface area contributed by atoms with E-state index in [0.29, 0.717) is 11.3 Å². The van der Waals surface area contributed by atoms with Crippen molar-refractivity contribution in [3.63, 3.8) is 0 Å². The van der Waals surface area contributed by atoms with E-state index in [1.54, 1.807) is 0 Å². The van der Waals surface area contributed by atoms with E-state index in [-0.39, 0.29) is 0 Å². The Kier molecular flexibility index (Phi) is 4.67. The van der Waals surface area contributed by atoms with Crippen molar-refractivity contribution in [1.82, 2.24) is 5.32 Å². The van der Waals surface area contributed by atoms with E-state index in [4.69, 9.17) is 0 Å². The minimum atomic E-state index is 0.357. The van der Waals surface area contributed by atoms with Crippen LogP contribution in [0.3, 0.4) is 0 Å². The fraction of sp³-hybridized carbons (Fsp3) is 0.667. The molecule has 106 valence electrons. The van der Waals surface area contributed by atoms with Crippen LogP contribution in [0, 0.1) is 11.3 Å². The highest BCUT2D eigenvalue weighted by Gasteiger charge is 2.31. The third-order valence-corrected chi connectivity index (χ3v) is 4.80. The van der Waals surface area contributed by atoms with E-state index < -0.39 is 0 Å². The molecule has 1 fully saturated rings. The first-order chi connectivity index (χ1) is 9.03. The van der Waals surface area contributed by atoms with Crippen LogP contribution >= 0.6 is 0 Å². The lowest BCUT2D eigenvalue weighted by molar-refractivity contribution is 0.206. The Bertz CT molecular complexity index is 389. The van der Waals surface area contributed by atoms with Gasteiger partial charge in [0.1, 0.15) is 0 Å². The van der Waals surface area contributed by atoms with Gasteiger partial charge in [-0.2, -0.15) is 0 Å². The van der Waals surface area contributed by atoms with Gasteiger partial charge in [-0.15, -0.1) is 0 Å². The fourth-order valence-electron chi connectivity index (χ4n) is 2.49. The highest BCUT2D eigenvalue weighted by molar-refractivity contribution is 5.23. The van der Waals surface area contributed by atoms with Gasteiger partial charge in [-0.25, -0.2) is 0 Å². The molecule has 19 heavy (non-hydrogen) atoms. The van der Waals surface area contributed by atoms with Crippen LogP contribution in [0.25, 0.3) is 0 Å². The molecule has 1 aromatic rings. The summed E-state index contributed by atoms with van der Waals surface area (Å²) in [5.74, 6) is 0.699. The molecule has 1 nitrogen and oxygen atoms in total. The SMILES string of the molecule is CCc1ccc(CC(C)(CNC2CC2)C(C)C)cc1. The molecule has 0 radical (unpaired) electrons. The predicted octanol–water partition coefficient (Wildman–Crippen LogP) is 4.21. The Labute approximate surface area is 118 Å². The second-order valence-electron chi connectivity index (χ2n) is 6.81. The molecule has 1 saturated carbocycles. The fourth-order valence-corrected chi connectivity index (χ4v) is 2.49. The van der Waals surface area contributed by atoms with E-state index in [1.807, 2.05) is 0 Å². The van der Waals surface area contributed by atoms with Crippen molar-refractivity contribution in [3.05, 3.63) is 35.4 Å². The summed E-state index contributed by atoms with van der Waals surface area (Å²) in [6.45, 7) is 10.5. The molecule has 1 aliphatic carbocycles. The first kappa shape index (κ1) is 14.6. The maximum absolute atomic E-state index is 3.72. The van der Waals surface area contributed by atoms with E-state index in [1.165, 1.54) is 30.4 Å². The molecule has 1 heteroatoms. The van der Waals surface area contributed by atoms with Crippen LogP contribution in [0.5, 0.6) is 0 Å². The standard InChI is InChI=1S/C18H29N/c1-5-15-6-8-16(9-7-15)12-18(4,14(2)3)13-19-17-10-11-17/h6-9,14,17,19H,5,10-13H2,1-4H3. The molecule has 0 heterocycles. The zero-order chi connectivity index (χ0) is 13.9. The monoisotopic (exact) mass is 259 g/mol. The van der Waals surface area contributed by atoms with Gasteiger partial charge in [0.25, 0.3) is 0 Å². The molecule has 0 aromatic heterocycles. The average molecular weight is 259 g/mol. The van der Waals surface area contributed by atoms with Gasteiger partial charge in [-0.05, 0) is 48.1 Å². The molecule has 1 atom stereocenters. The maximum atomic E-state index is 3.72. The molecular formula is C18H29N. The highest BCUT2D eigenvalue weighted by atomic mass is 15.0. The Morgan fingerprint density at radius 1 is 1.16 bits per heavy atom. The summed E-state index contributed by atoms with van der Waals surface area (Å²) in [5, 5.41) is 3.72. The van der Waals surface area contributed by atoms with Gasteiger partial charge >= 0.3 is 0 Å². The molecule has 0 bridgehead atoms. The summed E-state index contributed by atoms with van der Waals surface area (Å²) in [4.78, 5) is 0. The number of hydrogen-bond acceptors (Lipinski definition) is 1. The summed E-state index contributed by atoms with van der Waals surface area (Å²) in [5.41, 5.74) is 3.27. The van der Waals surface area contributed by atoms with E-state index >= 15 is 0 Å². The van der Waals surface area contributed by atoms with Crippen LogP contribution in [-0.4, -0.2) is 12.6 Å². The van der Waals surface area contributed by atoms with Crippen LogP contribution in [-0.2, 0) is 12.8 Å². The maximum Gasteiger partial charge on any atom is 0.00684 e. The highest BCUT2D eigenvalue weighted by Crippen LogP contribution is 2.32. The topological polar surface area (TPSA) is 12.0 Å². The van der Waals surface area contributed by atoms with Crippen molar-refractivity contribution < 1.29 is 0 Å². The summed E-state index contributed by atoms with van der Waals surface area (Å²) < 4.78 is 0. The van der Waals surface area contributed by atoms with E-state index in [0.717, 1.165) is 19.0 Å². The van der Waals surface area contributed by atoms with E-state index in [2.05, 4.69) is 57.3 Å². The van der Waals surface area contributed by atoms with Gasteiger partial charge in [0.05, 0.1) is 0 Å². The van der Waals surface area contributed by atoms with Gasteiger partial charge in [0.2, 0.25) is 0 Å².